The molecule has 3 rings (SSSR count). The summed E-state index contributed by atoms with van der Waals surface area (Å²) in [7, 11) is 0. The molecule has 1 aromatic carbocycles. The van der Waals surface area contributed by atoms with Crippen LogP contribution in [0.5, 0.6) is 5.75 Å². The number of aryl methyl sites for hydroxylation is 2. The van der Waals surface area contributed by atoms with Gasteiger partial charge in [0.2, 0.25) is 0 Å². The lowest BCUT2D eigenvalue weighted by atomic mass is 10.1. The van der Waals surface area contributed by atoms with E-state index in [0.29, 0.717) is 42.5 Å². The first kappa shape index (κ1) is 16.5. The molecule has 1 aliphatic heterocycles. The molecule has 2 heterocycles. The van der Waals surface area contributed by atoms with Crippen molar-refractivity contribution in [1.29, 1.82) is 0 Å². The Bertz CT molecular complexity index is 710. The lowest BCUT2D eigenvalue weighted by molar-refractivity contribution is -0.00292. The number of ether oxygens (including phenoxy) is 2. The zero-order valence-electron chi connectivity index (χ0n) is 13.7. The third-order valence-electron chi connectivity index (χ3n) is 4.00. The molecular weight excluding hydrogens is 313 g/mol. The number of carbonyl (C=O) groups is 1. The van der Waals surface area contributed by atoms with Crippen molar-refractivity contribution in [3.05, 3.63) is 53.2 Å². The molecule has 128 valence electrons. The van der Waals surface area contributed by atoms with Crippen molar-refractivity contribution in [2.75, 3.05) is 13.2 Å². The molecule has 1 aromatic heterocycles. The Hall–Kier alpha value is -2.34. The van der Waals surface area contributed by atoms with Crippen LogP contribution in [0.25, 0.3) is 0 Å². The first-order valence-corrected chi connectivity index (χ1v) is 7.91. The van der Waals surface area contributed by atoms with Gasteiger partial charge in [0, 0.05) is 6.42 Å². The molecule has 2 aromatic rings. The van der Waals surface area contributed by atoms with Crippen molar-refractivity contribution in [3.8, 4) is 5.75 Å². The highest BCUT2D eigenvalue weighted by atomic mass is 19.1. The molecule has 1 fully saturated rings. The first-order chi connectivity index (χ1) is 11.5. The average molecular weight is 333 g/mol. The molecule has 5 nitrogen and oxygen atoms in total. The fraction of sp³-hybridized carbons (Fsp3) is 0.389. The summed E-state index contributed by atoms with van der Waals surface area (Å²) >= 11 is 0. The molecule has 1 N–H and O–H groups in total. The average Bonchev–Trinajstić information content (AvgIpc) is 2.90. The maximum atomic E-state index is 13.0. The van der Waals surface area contributed by atoms with Gasteiger partial charge in [-0.25, -0.2) is 4.39 Å². The van der Waals surface area contributed by atoms with Crippen LogP contribution in [-0.4, -0.2) is 31.3 Å². The van der Waals surface area contributed by atoms with Gasteiger partial charge in [-0.2, -0.15) is 0 Å². The lowest BCUT2D eigenvalue weighted by Crippen LogP contribution is -2.51. The number of furan rings is 1. The molecule has 1 saturated heterocycles. The van der Waals surface area contributed by atoms with Gasteiger partial charge in [0.25, 0.3) is 5.91 Å². The number of carbonyl (C=O) groups excluding carboxylic acids is 1. The van der Waals surface area contributed by atoms with Crippen molar-refractivity contribution < 1.29 is 23.1 Å². The molecule has 0 spiro atoms. The second kappa shape index (κ2) is 7.05. The van der Waals surface area contributed by atoms with E-state index in [9.17, 15) is 9.18 Å². The number of benzene rings is 1. The maximum Gasteiger partial charge on any atom is 0.255 e. The molecule has 1 amide bonds. The predicted octanol–water partition coefficient (Wildman–Crippen LogP) is 3.00. The van der Waals surface area contributed by atoms with Gasteiger partial charge in [0.15, 0.2) is 0 Å². The zero-order valence-corrected chi connectivity index (χ0v) is 13.7. The van der Waals surface area contributed by atoms with Crippen LogP contribution in [0.2, 0.25) is 0 Å². The van der Waals surface area contributed by atoms with Crippen molar-refractivity contribution in [1.82, 2.24) is 5.32 Å². The maximum absolute atomic E-state index is 13.0. The standard InChI is InChI=1S/C18H20FNO4/c1-11-9-15(12(2)23-11)18(21)20-16-10-22-8-7-17(16)24-14-5-3-13(19)4-6-14/h3-6,9,16-17H,7-8,10H2,1-2H3,(H,20,21)/t16-,17+/m1/s1. The van der Waals surface area contributed by atoms with E-state index >= 15 is 0 Å². The molecule has 24 heavy (non-hydrogen) atoms. The van der Waals surface area contributed by atoms with Gasteiger partial charge < -0.3 is 19.2 Å². The molecule has 0 bridgehead atoms. The Morgan fingerprint density at radius 2 is 2.04 bits per heavy atom. The number of hydrogen-bond donors (Lipinski definition) is 1. The van der Waals surface area contributed by atoms with Crippen LogP contribution < -0.4 is 10.1 Å². The molecule has 2 atom stereocenters. The summed E-state index contributed by atoms with van der Waals surface area (Å²) in [5.41, 5.74) is 0.513. The summed E-state index contributed by atoms with van der Waals surface area (Å²) in [6.45, 7) is 4.48. The minimum atomic E-state index is -0.315. The van der Waals surface area contributed by atoms with E-state index in [2.05, 4.69) is 5.32 Å². The summed E-state index contributed by atoms with van der Waals surface area (Å²) in [6.07, 6.45) is 0.410. The zero-order chi connectivity index (χ0) is 17.1. The smallest absolute Gasteiger partial charge is 0.255 e. The number of rotatable bonds is 4. The van der Waals surface area contributed by atoms with Crippen LogP contribution in [0, 0.1) is 19.7 Å². The second-order valence-corrected chi connectivity index (χ2v) is 5.88. The van der Waals surface area contributed by atoms with Crippen molar-refractivity contribution in [2.24, 2.45) is 0 Å². The number of amides is 1. The predicted molar refractivity (Wildman–Crippen MR) is 85.7 cm³/mol. The highest BCUT2D eigenvalue weighted by Gasteiger charge is 2.30. The van der Waals surface area contributed by atoms with Crippen LogP contribution in [0.1, 0.15) is 28.3 Å². The highest BCUT2D eigenvalue weighted by molar-refractivity contribution is 5.95. The Labute approximate surface area is 139 Å². The summed E-state index contributed by atoms with van der Waals surface area (Å²) in [6, 6.07) is 7.27. The third-order valence-corrected chi connectivity index (χ3v) is 4.00. The number of nitrogens with one attached hydrogen (secondary N) is 1. The van der Waals surface area contributed by atoms with Crippen LogP contribution in [0.3, 0.4) is 0 Å². The first-order valence-electron chi connectivity index (χ1n) is 7.91. The van der Waals surface area contributed by atoms with Crippen molar-refractivity contribution in [2.45, 2.75) is 32.4 Å². The van der Waals surface area contributed by atoms with E-state index in [0.717, 1.165) is 0 Å². The monoisotopic (exact) mass is 333 g/mol. The summed E-state index contributed by atoms with van der Waals surface area (Å²) < 4.78 is 29.8. The van der Waals surface area contributed by atoms with E-state index in [-0.39, 0.29) is 23.9 Å². The quantitative estimate of drug-likeness (QED) is 0.934. The van der Waals surface area contributed by atoms with Gasteiger partial charge >= 0.3 is 0 Å². The Morgan fingerprint density at radius 3 is 2.71 bits per heavy atom. The Morgan fingerprint density at radius 1 is 1.29 bits per heavy atom. The lowest BCUT2D eigenvalue weighted by Gasteiger charge is -2.32. The van der Waals surface area contributed by atoms with Gasteiger partial charge in [-0.3, -0.25) is 4.79 Å². The van der Waals surface area contributed by atoms with E-state index in [4.69, 9.17) is 13.9 Å². The Balaban J connectivity index is 1.69. The van der Waals surface area contributed by atoms with E-state index in [1.54, 1.807) is 32.0 Å². The number of hydrogen-bond acceptors (Lipinski definition) is 4. The van der Waals surface area contributed by atoms with Gasteiger partial charge in [-0.05, 0) is 44.2 Å². The molecule has 6 heteroatoms. The van der Waals surface area contributed by atoms with Crippen LogP contribution in [0.15, 0.2) is 34.7 Å². The third kappa shape index (κ3) is 3.76. The van der Waals surface area contributed by atoms with Gasteiger partial charge in [0.05, 0.1) is 24.8 Å². The van der Waals surface area contributed by atoms with Crippen molar-refractivity contribution in [3.63, 3.8) is 0 Å². The summed E-state index contributed by atoms with van der Waals surface area (Å²) in [5, 5.41) is 2.95. The minimum Gasteiger partial charge on any atom is -0.488 e. The summed E-state index contributed by atoms with van der Waals surface area (Å²) in [5.74, 6) is 1.31. The van der Waals surface area contributed by atoms with E-state index in [1.807, 2.05) is 0 Å². The topological polar surface area (TPSA) is 60.7 Å². The molecule has 1 aliphatic rings. The van der Waals surface area contributed by atoms with Crippen LogP contribution in [-0.2, 0) is 4.74 Å². The molecular formula is C18H20FNO4. The van der Waals surface area contributed by atoms with Gasteiger partial charge in [-0.15, -0.1) is 0 Å². The molecule has 0 unspecified atom stereocenters. The van der Waals surface area contributed by atoms with Crippen LogP contribution in [0.4, 0.5) is 4.39 Å². The fourth-order valence-electron chi connectivity index (χ4n) is 2.78. The Kier molecular flexibility index (Phi) is 4.85. The highest BCUT2D eigenvalue weighted by Crippen LogP contribution is 2.20. The van der Waals surface area contributed by atoms with E-state index < -0.39 is 0 Å². The number of halogens is 1. The molecule has 0 aliphatic carbocycles. The fourth-order valence-corrected chi connectivity index (χ4v) is 2.78. The van der Waals surface area contributed by atoms with Gasteiger partial charge in [-0.1, -0.05) is 0 Å². The minimum absolute atomic E-state index is 0.215. The molecule has 0 radical (unpaired) electrons. The largest absolute Gasteiger partial charge is 0.488 e. The molecule has 0 saturated carbocycles. The SMILES string of the molecule is Cc1cc(C(=O)N[C@@H]2COCC[C@@H]2Oc2ccc(F)cc2)c(C)o1. The van der Waals surface area contributed by atoms with E-state index in [1.165, 1.54) is 12.1 Å². The van der Waals surface area contributed by atoms with Crippen LogP contribution >= 0.6 is 0 Å². The van der Waals surface area contributed by atoms with Gasteiger partial charge in [0.1, 0.15) is 29.2 Å². The normalized spacial score (nSPS) is 20.6. The summed E-state index contributed by atoms with van der Waals surface area (Å²) in [4.78, 5) is 12.5. The second-order valence-electron chi connectivity index (χ2n) is 5.88. The van der Waals surface area contributed by atoms with Crippen molar-refractivity contribution >= 4 is 5.91 Å².